The van der Waals surface area contributed by atoms with E-state index in [4.69, 9.17) is 18.0 Å². The predicted octanol–water partition coefficient (Wildman–Crippen LogP) is 2.38. The van der Waals surface area contributed by atoms with Gasteiger partial charge < -0.3 is 10.6 Å². The summed E-state index contributed by atoms with van der Waals surface area (Å²) in [6.07, 6.45) is 5.02. The van der Waals surface area contributed by atoms with Crippen molar-refractivity contribution in [3.8, 4) is 0 Å². The Kier molecular flexibility index (Phi) is 3.74. The van der Waals surface area contributed by atoms with E-state index in [-0.39, 0.29) is 17.9 Å². The molecule has 1 amide bonds. The number of thiocarbonyl (C=S) groups is 1. The van der Waals surface area contributed by atoms with Gasteiger partial charge in [-0.2, -0.15) is 0 Å². The first-order valence-corrected chi connectivity index (χ1v) is 7.77. The number of rotatable bonds is 2. The van der Waals surface area contributed by atoms with Crippen LogP contribution in [0.25, 0.3) is 0 Å². The lowest BCUT2D eigenvalue weighted by Crippen LogP contribution is -2.45. The van der Waals surface area contributed by atoms with Crippen LogP contribution in [0, 0.1) is 0 Å². The molecule has 1 fully saturated rings. The van der Waals surface area contributed by atoms with Crippen molar-refractivity contribution in [3.63, 3.8) is 0 Å². The van der Waals surface area contributed by atoms with Gasteiger partial charge in [-0.05, 0) is 43.2 Å². The average Bonchev–Trinajstić information content (AvgIpc) is 2.95. The highest BCUT2D eigenvalue weighted by atomic mass is 32.1. The van der Waals surface area contributed by atoms with Gasteiger partial charge in [0, 0.05) is 6.54 Å². The standard InChI is InChI=1S/C16H20N2OS/c17-15(20)14-9-4-10-18(14)16(19)13-8-3-6-11-5-1-2-7-12(11)13/h1-2,5,7,13-14H,3-4,6,8-10H2,(H2,17,20). The number of carbonyl (C=O) groups is 1. The molecule has 0 spiro atoms. The maximum atomic E-state index is 12.9. The normalized spacial score (nSPS) is 25.3. The monoisotopic (exact) mass is 288 g/mol. The lowest BCUT2D eigenvalue weighted by atomic mass is 9.82. The molecule has 2 N–H and O–H groups in total. The second-order valence-corrected chi connectivity index (χ2v) is 6.21. The molecule has 1 aromatic carbocycles. The Balaban J connectivity index is 1.87. The quantitative estimate of drug-likeness (QED) is 0.850. The van der Waals surface area contributed by atoms with Crippen LogP contribution in [-0.4, -0.2) is 28.4 Å². The van der Waals surface area contributed by atoms with Crippen molar-refractivity contribution in [3.05, 3.63) is 35.4 Å². The van der Waals surface area contributed by atoms with Crippen LogP contribution in [0.3, 0.4) is 0 Å². The molecule has 1 heterocycles. The molecule has 20 heavy (non-hydrogen) atoms. The fourth-order valence-electron chi connectivity index (χ4n) is 3.54. The molecule has 4 heteroatoms. The van der Waals surface area contributed by atoms with Crippen LogP contribution >= 0.6 is 12.2 Å². The van der Waals surface area contributed by atoms with Gasteiger partial charge in [-0.3, -0.25) is 4.79 Å². The van der Waals surface area contributed by atoms with Crippen molar-refractivity contribution < 1.29 is 4.79 Å². The first-order valence-electron chi connectivity index (χ1n) is 7.36. The Morgan fingerprint density at radius 2 is 2.05 bits per heavy atom. The number of carbonyl (C=O) groups excluding carboxylic acids is 1. The van der Waals surface area contributed by atoms with Crippen molar-refractivity contribution in [2.24, 2.45) is 5.73 Å². The molecule has 0 bridgehead atoms. The minimum absolute atomic E-state index is 0.00472. The molecule has 3 rings (SSSR count). The highest BCUT2D eigenvalue weighted by molar-refractivity contribution is 7.80. The van der Waals surface area contributed by atoms with Gasteiger partial charge in [-0.15, -0.1) is 0 Å². The fraction of sp³-hybridized carbons (Fsp3) is 0.500. The number of fused-ring (bicyclic) bond motifs is 1. The molecule has 0 saturated carbocycles. The second-order valence-electron chi connectivity index (χ2n) is 5.74. The number of hydrogen-bond acceptors (Lipinski definition) is 2. The summed E-state index contributed by atoms with van der Waals surface area (Å²) in [5.41, 5.74) is 8.32. The number of aryl methyl sites for hydroxylation is 1. The molecule has 1 aromatic rings. The zero-order valence-electron chi connectivity index (χ0n) is 11.5. The van der Waals surface area contributed by atoms with Gasteiger partial charge >= 0.3 is 0 Å². The Labute approximate surface area is 125 Å². The van der Waals surface area contributed by atoms with Crippen molar-refractivity contribution in [2.75, 3.05) is 6.54 Å². The highest BCUT2D eigenvalue weighted by Gasteiger charge is 2.36. The summed E-state index contributed by atoms with van der Waals surface area (Å²) in [6.45, 7) is 0.791. The topological polar surface area (TPSA) is 46.3 Å². The average molecular weight is 288 g/mol. The van der Waals surface area contributed by atoms with Gasteiger partial charge in [0.25, 0.3) is 0 Å². The summed E-state index contributed by atoms with van der Waals surface area (Å²) < 4.78 is 0. The number of benzene rings is 1. The summed E-state index contributed by atoms with van der Waals surface area (Å²) in [5, 5.41) is 0. The van der Waals surface area contributed by atoms with E-state index in [0.717, 1.165) is 38.6 Å². The maximum Gasteiger partial charge on any atom is 0.230 e. The van der Waals surface area contributed by atoms with Crippen LogP contribution in [-0.2, 0) is 11.2 Å². The van der Waals surface area contributed by atoms with Crippen LogP contribution in [0.15, 0.2) is 24.3 Å². The van der Waals surface area contributed by atoms with Gasteiger partial charge in [0.15, 0.2) is 0 Å². The maximum absolute atomic E-state index is 12.9. The molecular formula is C16H20N2OS. The fourth-order valence-corrected chi connectivity index (χ4v) is 3.78. The van der Waals surface area contributed by atoms with Crippen LogP contribution in [0.2, 0.25) is 0 Å². The van der Waals surface area contributed by atoms with Crippen LogP contribution in [0.4, 0.5) is 0 Å². The summed E-state index contributed by atoms with van der Waals surface area (Å²) in [7, 11) is 0. The van der Waals surface area contributed by atoms with Crippen LogP contribution < -0.4 is 5.73 Å². The van der Waals surface area contributed by atoms with Gasteiger partial charge in [0.05, 0.1) is 16.9 Å². The van der Waals surface area contributed by atoms with Gasteiger partial charge in [0.1, 0.15) is 0 Å². The Morgan fingerprint density at radius 1 is 1.25 bits per heavy atom. The van der Waals surface area contributed by atoms with E-state index in [1.807, 2.05) is 11.0 Å². The zero-order valence-corrected chi connectivity index (χ0v) is 12.4. The van der Waals surface area contributed by atoms with Crippen molar-refractivity contribution >= 4 is 23.1 Å². The minimum Gasteiger partial charge on any atom is -0.392 e. The molecule has 1 aliphatic heterocycles. The summed E-state index contributed by atoms with van der Waals surface area (Å²) in [6, 6.07) is 8.29. The van der Waals surface area contributed by atoms with Crippen molar-refractivity contribution in [1.29, 1.82) is 0 Å². The number of amides is 1. The third kappa shape index (κ3) is 2.33. The summed E-state index contributed by atoms with van der Waals surface area (Å²) in [4.78, 5) is 15.3. The number of nitrogens with two attached hydrogens (primary N) is 1. The number of likely N-dealkylation sites (tertiary alicyclic amines) is 1. The van der Waals surface area contributed by atoms with Crippen LogP contribution in [0.1, 0.15) is 42.7 Å². The van der Waals surface area contributed by atoms with Crippen LogP contribution in [0.5, 0.6) is 0 Å². The Hall–Kier alpha value is -1.42. The molecule has 1 aliphatic carbocycles. The van der Waals surface area contributed by atoms with E-state index < -0.39 is 0 Å². The molecule has 106 valence electrons. The first kappa shape index (κ1) is 13.6. The summed E-state index contributed by atoms with van der Waals surface area (Å²) in [5.74, 6) is 0.211. The first-order chi connectivity index (χ1) is 9.68. The SMILES string of the molecule is NC(=S)C1CCCN1C(=O)C1CCCc2ccccc21. The Bertz CT molecular complexity index is 543. The van der Waals surface area contributed by atoms with Crippen molar-refractivity contribution in [2.45, 2.75) is 44.1 Å². The van der Waals surface area contributed by atoms with Gasteiger partial charge in [0.2, 0.25) is 5.91 Å². The molecule has 2 aliphatic rings. The van der Waals surface area contributed by atoms with E-state index in [2.05, 4.69) is 18.2 Å². The van der Waals surface area contributed by atoms with Gasteiger partial charge in [-0.25, -0.2) is 0 Å². The zero-order chi connectivity index (χ0) is 14.1. The third-order valence-electron chi connectivity index (χ3n) is 4.53. The predicted molar refractivity (Wildman–Crippen MR) is 83.6 cm³/mol. The molecule has 1 saturated heterocycles. The molecule has 0 radical (unpaired) electrons. The number of nitrogens with zero attached hydrogens (tertiary/aromatic N) is 1. The minimum atomic E-state index is -0.0356. The third-order valence-corrected chi connectivity index (χ3v) is 4.80. The smallest absolute Gasteiger partial charge is 0.230 e. The molecular weight excluding hydrogens is 268 g/mol. The molecule has 3 nitrogen and oxygen atoms in total. The van der Waals surface area contributed by atoms with E-state index in [1.165, 1.54) is 11.1 Å². The van der Waals surface area contributed by atoms with E-state index >= 15 is 0 Å². The number of hydrogen-bond donors (Lipinski definition) is 1. The molecule has 0 aromatic heterocycles. The highest BCUT2D eigenvalue weighted by Crippen LogP contribution is 2.34. The largest absolute Gasteiger partial charge is 0.392 e. The molecule has 2 atom stereocenters. The van der Waals surface area contributed by atoms with Crippen molar-refractivity contribution in [1.82, 2.24) is 4.90 Å². The lowest BCUT2D eigenvalue weighted by Gasteiger charge is -2.31. The van der Waals surface area contributed by atoms with Gasteiger partial charge in [-0.1, -0.05) is 36.5 Å². The lowest BCUT2D eigenvalue weighted by molar-refractivity contribution is -0.132. The molecule has 2 unspecified atom stereocenters. The van der Waals surface area contributed by atoms with E-state index in [0.29, 0.717) is 4.99 Å². The summed E-state index contributed by atoms with van der Waals surface area (Å²) >= 11 is 5.11. The van der Waals surface area contributed by atoms with E-state index in [1.54, 1.807) is 0 Å². The second kappa shape index (κ2) is 5.52. The Morgan fingerprint density at radius 3 is 2.85 bits per heavy atom. The van der Waals surface area contributed by atoms with E-state index in [9.17, 15) is 4.79 Å².